The molecule has 0 amide bonds. The van der Waals surface area contributed by atoms with Gasteiger partial charge >= 0.3 is 0 Å². The molecule has 0 spiro atoms. The fourth-order valence-corrected chi connectivity index (χ4v) is 2.12. The fourth-order valence-electron chi connectivity index (χ4n) is 2.12. The molecular formula is C18H26N4O3. The van der Waals surface area contributed by atoms with Crippen LogP contribution in [0, 0.1) is 0 Å². The lowest BCUT2D eigenvalue weighted by molar-refractivity contribution is 0.0698. The number of oxazole rings is 1. The minimum absolute atomic E-state index is 0.542. The van der Waals surface area contributed by atoms with Gasteiger partial charge in [0.15, 0.2) is 5.96 Å². The van der Waals surface area contributed by atoms with Crippen LogP contribution in [0.3, 0.4) is 0 Å². The maximum absolute atomic E-state index is 5.52. The van der Waals surface area contributed by atoms with Gasteiger partial charge in [-0.05, 0) is 18.6 Å². The van der Waals surface area contributed by atoms with Gasteiger partial charge in [0.2, 0.25) is 5.89 Å². The van der Waals surface area contributed by atoms with Crippen LogP contribution in [0.25, 0.3) is 11.5 Å². The second-order valence-corrected chi connectivity index (χ2v) is 5.32. The van der Waals surface area contributed by atoms with Gasteiger partial charge < -0.3 is 24.5 Å². The Labute approximate surface area is 148 Å². The average molecular weight is 346 g/mol. The lowest BCUT2D eigenvalue weighted by Crippen LogP contribution is -2.37. The van der Waals surface area contributed by atoms with Gasteiger partial charge in [-0.15, -0.1) is 0 Å². The average Bonchev–Trinajstić information content (AvgIpc) is 3.13. The lowest BCUT2D eigenvalue weighted by Gasteiger charge is -2.10. The van der Waals surface area contributed by atoms with E-state index in [1.807, 2.05) is 30.3 Å². The number of aliphatic imine (C=N–C) groups is 1. The quantitative estimate of drug-likeness (QED) is 0.389. The predicted octanol–water partition coefficient (Wildman–Crippen LogP) is 2.06. The maximum atomic E-state index is 5.52. The summed E-state index contributed by atoms with van der Waals surface area (Å²) < 4.78 is 15.9. The summed E-state index contributed by atoms with van der Waals surface area (Å²) in [5.41, 5.74) is 1.79. The van der Waals surface area contributed by atoms with Gasteiger partial charge in [0.05, 0.1) is 25.5 Å². The van der Waals surface area contributed by atoms with E-state index in [0.717, 1.165) is 30.2 Å². The van der Waals surface area contributed by atoms with Crippen molar-refractivity contribution in [2.24, 2.45) is 4.99 Å². The molecule has 0 aliphatic rings. The summed E-state index contributed by atoms with van der Waals surface area (Å²) >= 11 is 0. The molecule has 0 radical (unpaired) electrons. The van der Waals surface area contributed by atoms with Crippen molar-refractivity contribution >= 4 is 5.96 Å². The van der Waals surface area contributed by atoms with Crippen molar-refractivity contribution in [2.75, 3.05) is 40.5 Å². The first-order valence-corrected chi connectivity index (χ1v) is 8.34. The normalized spacial score (nSPS) is 11.5. The molecule has 0 aliphatic heterocycles. The summed E-state index contributed by atoms with van der Waals surface area (Å²) in [6.07, 6.45) is 2.55. The smallest absolute Gasteiger partial charge is 0.226 e. The topological polar surface area (TPSA) is 80.9 Å². The third-order valence-corrected chi connectivity index (χ3v) is 3.42. The Morgan fingerprint density at radius 3 is 2.76 bits per heavy atom. The first-order valence-electron chi connectivity index (χ1n) is 8.34. The van der Waals surface area contributed by atoms with Gasteiger partial charge in [-0.25, -0.2) is 4.98 Å². The number of aromatic nitrogens is 1. The molecule has 7 nitrogen and oxygen atoms in total. The minimum Gasteiger partial charge on any atom is -0.444 e. The van der Waals surface area contributed by atoms with Crippen LogP contribution < -0.4 is 10.6 Å². The van der Waals surface area contributed by atoms with E-state index >= 15 is 0 Å². The van der Waals surface area contributed by atoms with Crippen LogP contribution in [0.5, 0.6) is 0 Å². The number of nitrogens with one attached hydrogen (secondary N) is 2. The van der Waals surface area contributed by atoms with Crippen LogP contribution in [0.4, 0.5) is 0 Å². The van der Waals surface area contributed by atoms with Crippen LogP contribution in [0.15, 0.2) is 46.0 Å². The number of hydrogen-bond acceptors (Lipinski definition) is 5. The molecule has 1 aromatic carbocycles. The first kappa shape index (κ1) is 19.0. The Bertz CT molecular complexity index is 628. The summed E-state index contributed by atoms with van der Waals surface area (Å²) in [4.78, 5) is 8.67. The molecule has 1 aromatic heterocycles. The predicted molar refractivity (Wildman–Crippen MR) is 97.5 cm³/mol. The molecule has 2 rings (SSSR count). The number of methoxy groups -OCH3 is 1. The number of rotatable bonds is 10. The monoisotopic (exact) mass is 346 g/mol. The molecule has 0 aliphatic carbocycles. The Kier molecular flexibility index (Phi) is 8.51. The van der Waals surface area contributed by atoms with Crippen LogP contribution >= 0.6 is 0 Å². The summed E-state index contributed by atoms with van der Waals surface area (Å²) in [7, 11) is 3.40. The van der Waals surface area contributed by atoms with E-state index in [1.54, 1.807) is 20.4 Å². The van der Waals surface area contributed by atoms with Crippen molar-refractivity contribution < 1.29 is 13.9 Å². The van der Waals surface area contributed by atoms with Crippen LogP contribution in [0.2, 0.25) is 0 Å². The standard InChI is InChI=1S/C18H26N4O3/c1-19-18(20-9-6-10-24-12-11-23-2)21-13-16-14-25-17(22-16)15-7-4-3-5-8-15/h3-5,7-8,14H,6,9-13H2,1-2H3,(H2,19,20,21). The molecule has 2 aromatic rings. The van der Waals surface area contributed by atoms with E-state index in [2.05, 4.69) is 20.6 Å². The second kappa shape index (κ2) is 11.2. The van der Waals surface area contributed by atoms with Gasteiger partial charge in [0.25, 0.3) is 0 Å². The Hall–Kier alpha value is -2.38. The van der Waals surface area contributed by atoms with Crippen molar-refractivity contribution in [1.29, 1.82) is 0 Å². The zero-order chi connectivity index (χ0) is 17.7. The number of benzene rings is 1. The SMILES string of the molecule is CN=C(NCCCOCCOC)NCc1coc(-c2ccccc2)n1. The van der Waals surface area contributed by atoms with Crippen molar-refractivity contribution in [3.05, 3.63) is 42.3 Å². The molecule has 25 heavy (non-hydrogen) atoms. The summed E-state index contributed by atoms with van der Waals surface area (Å²) in [6, 6.07) is 9.83. The molecule has 0 bridgehead atoms. The molecule has 136 valence electrons. The van der Waals surface area contributed by atoms with Gasteiger partial charge in [0, 0.05) is 32.9 Å². The van der Waals surface area contributed by atoms with Crippen LogP contribution in [0.1, 0.15) is 12.1 Å². The number of ether oxygens (including phenoxy) is 2. The van der Waals surface area contributed by atoms with Gasteiger partial charge in [0.1, 0.15) is 6.26 Å². The molecule has 7 heteroatoms. The van der Waals surface area contributed by atoms with Crippen LogP contribution in [-0.2, 0) is 16.0 Å². The van der Waals surface area contributed by atoms with Crippen molar-refractivity contribution in [3.63, 3.8) is 0 Å². The highest BCUT2D eigenvalue weighted by atomic mass is 16.5. The second-order valence-electron chi connectivity index (χ2n) is 5.32. The lowest BCUT2D eigenvalue weighted by atomic mass is 10.2. The van der Waals surface area contributed by atoms with Crippen molar-refractivity contribution in [3.8, 4) is 11.5 Å². The molecular weight excluding hydrogens is 320 g/mol. The van der Waals surface area contributed by atoms with E-state index in [1.165, 1.54) is 0 Å². The molecule has 0 unspecified atom stereocenters. The Morgan fingerprint density at radius 1 is 1.16 bits per heavy atom. The highest BCUT2D eigenvalue weighted by Crippen LogP contribution is 2.17. The van der Waals surface area contributed by atoms with E-state index < -0.39 is 0 Å². The number of guanidine groups is 1. The van der Waals surface area contributed by atoms with Crippen molar-refractivity contribution in [2.45, 2.75) is 13.0 Å². The molecule has 0 fully saturated rings. The van der Waals surface area contributed by atoms with E-state index in [9.17, 15) is 0 Å². The number of hydrogen-bond donors (Lipinski definition) is 2. The first-order chi connectivity index (χ1) is 12.3. The van der Waals surface area contributed by atoms with E-state index in [4.69, 9.17) is 13.9 Å². The molecule has 2 N–H and O–H groups in total. The Balaban J connectivity index is 1.68. The third kappa shape index (κ3) is 6.94. The molecule has 1 heterocycles. The summed E-state index contributed by atoms with van der Waals surface area (Å²) in [5, 5.41) is 6.46. The highest BCUT2D eigenvalue weighted by Gasteiger charge is 2.06. The zero-order valence-corrected chi connectivity index (χ0v) is 14.8. The minimum atomic E-state index is 0.542. The van der Waals surface area contributed by atoms with Crippen LogP contribution in [-0.4, -0.2) is 51.5 Å². The third-order valence-electron chi connectivity index (χ3n) is 3.42. The highest BCUT2D eigenvalue weighted by molar-refractivity contribution is 5.79. The van der Waals surface area contributed by atoms with Gasteiger partial charge in [-0.3, -0.25) is 4.99 Å². The van der Waals surface area contributed by atoms with Gasteiger partial charge in [-0.1, -0.05) is 18.2 Å². The zero-order valence-electron chi connectivity index (χ0n) is 14.8. The summed E-state index contributed by atoms with van der Waals surface area (Å²) in [6.45, 7) is 3.26. The van der Waals surface area contributed by atoms with E-state index in [-0.39, 0.29) is 0 Å². The number of nitrogens with zero attached hydrogens (tertiary/aromatic N) is 2. The molecule has 0 saturated heterocycles. The van der Waals surface area contributed by atoms with Crippen molar-refractivity contribution in [1.82, 2.24) is 15.6 Å². The molecule has 0 saturated carbocycles. The molecule has 0 atom stereocenters. The fraction of sp³-hybridized carbons (Fsp3) is 0.444. The van der Waals surface area contributed by atoms with E-state index in [0.29, 0.717) is 32.3 Å². The maximum Gasteiger partial charge on any atom is 0.226 e. The summed E-state index contributed by atoms with van der Waals surface area (Å²) in [5.74, 6) is 1.34. The largest absolute Gasteiger partial charge is 0.444 e. The van der Waals surface area contributed by atoms with Gasteiger partial charge in [-0.2, -0.15) is 0 Å². The Morgan fingerprint density at radius 2 is 2.00 bits per heavy atom.